The molecule has 0 saturated carbocycles. The van der Waals surface area contributed by atoms with Crippen LogP contribution in [0.2, 0.25) is 0 Å². The molecular formula is C21H19F2N5O2S. The number of anilines is 2. The van der Waals surface area contributed by atoms with E-state index < -0.39 is 11.6 Å². The minimum Gasteiger partial charge on any atom is -0.480 e. The van der Waals surface area contributed by atoms with Crippen molar-refractivity contribution in [3.63, 3.8) is 0 Å². The van der Waals surface area contributed by atoms with Crippen LogP contribution < -0.4 is 21.8 Å². The second kappa shape index (κ2) is 9.00. The van der Waals surface area contributed by atoms with Crippen molar-refractivity contribution in [1.29, 1.82) is 0 Å². The van der Waals surface area contributed by atoms with E-state index in [4.69, 9.17) is 16.2 Å². The molecule has 5 N–H and O–H groups in total. The molecule has 0 radical (unpaired) electrons. The minimum absolute atomic E-state index is 0.101. The van der Waals surface area contributed by atoms with E-state index in [2.05, 4.69) is 27.6 Å². The minimum atomic E-state index is -0.627. The van der Waals surface area contributed by atoms with Crippen molar-refractivity contribution >= 4 is 35.2 Å². The normalized spacial score (nSPS) is 10.5. The molecular weight excluding hydrogens is 424 g/mol. The monoisotopic (exact) mass is 443 g/mol. The maximum atomic E-state index is 12.3. The fourth-order valence-electron chi connectivity index (χ4n) is 2.88. The topological polar surface area (TPSA) is 120 Å². The van der Waals surface area contributed by atoms with Crippen LogP contribution in [-0.4, -0.2) is 22.1 Å². The summed E-state index contributed by atoms with van der Waals surface area (Å²) in [6.07, 6.45) is 1.65. The van der Waals surface area contributed by atoms with Crippen LogP contribution in [0.3, 0.4) is 0 Å². The number of rotatable bonds is 2. The SMILES string of the molecule is COc1ncc(-c2cc(C)c3nc(N)[nH]c(=O)c3c2)cc1N.Fc1ccc(S)c(F)c1. The van der Waals surface area contributed by atoms with Gasteiger partial charge in [-0.2, -0.15) is 0 Å². The van der Waals surface area contributed by atoms with Crippen molar-refractivity contribution in [2.45, 2.75) is 11.8 Å². The zero-order valence-electron chi connectivity index (χ0n) is 16.6. The first kappa shape index (κ1) is 22.0. The summed E-state index contributed by atoms with van der Waals surface area (Å²) >= 11 is 3.70. The number of nitrogen functional groups attached to an aromatic ring is 2. The fraction of sp³-hybridized carbons (Fsp3) is 0.0952. The quantitative estimate of drug-likeness (QED) is 0.351. The number of aromatic amines is 1. The Hall–Kier alpha value is -3.66. The summed E-state index contributed by atoms with van der Waals surface area (Å²) in [7, 11) is 1.51. The summed E-state index contributed by atoms with van der Waals surface area (Å²) in [4.78, 5) is 23.1. The van der Waals surface area contributed by atoms with E-state index >= 15 is 0 Å². The van der Waals surface area contributed by atoms with Crippen molar-refractivity contribution in [3.8, 4) is 17.0 Å². The summed E-state index contributed by atoms with van der Waals surface area (Å²) in [6, 6.07) is 8.64. The van der Waals surface area contributed by atoms with Gasteiger partial charge in [-0.05, 0) is 48.4 Å². The molecule has 0 aliphatic carbocycles. The number of aryl methyl sites for hydroxylation is 1. The van der Waals surface area contributed by atoms with Crippen LogP contribution in [0.15, 0.2) is 52.3 Å². The number of nitrogens with zero attached hydrogens (tertiary/aromatic N) is 2. The summed E-state index contributed by atoms with van der Waals surface area (Å²) in [6.45, 7) is 1.87. The number of nitrogens with one attached hydrogen (secondary N) is 1. The molecule has 0 unspecified atom stereocenters. The van der Waals surface area contributed by atoms with Gasteiger partial charge in [0.2, 0.25) is 11.8 Å². The Labute approximate surface area is 181 Å². The highest BCUT2D eigenvalue weighted by molar-refractivity contribution is 7.80. The molecule has 10 heteroatoms. The highest BCUT2D eigenvalue weighted by Crippen LogP contribution is 2.28. The van der Waals surface area contributed by atoms with Crippen LogP contribution in [-0.2, 0) is 0 Å². The lowest BCUT2D eigenvalue weighted by molar-refractivity contribution is 0.400. The van der Waals surface area contributed by atoms with Crippen LogP contribution in [0.5, 0.6) is 5.88 Å². The number of benzene rings is 2. The van der Waals surface area contributed by atoms with Crippen LogP contribution in [0.1, 0.15) is 5.56 Å². The largest absolute Gasteiger partial charge is 0.480 e. The molecule has 0 saturated heterocycles. The summed E-state index contributed by atoms with van der Waals surface area (Å²) in [5.41, 5.74) is 14.7. The van der Waals surface area contributed by atoms with Crippen molar-refractivity contribution in [2.75, 3.05) is 18.6 Å². The Bertz CT molecular complexity index is 1330. The van der Waals surface area contributed by atoms with E-state index in [0.717, 1.165) is 28.8 Å². The van der Waals surface area contributed by atoms with Gasteiger partial charge in [0.1, 0.15) is 11.6 Å². The molecule has 31 heavy (non-hydrogen) atoms. The van der Waals surface area contributed by atoms with Gasteiger partial charge in [0.25, 0.3) is 5.56 Å². The van der Waals surface area contributed by atoms with Gasteiger partial charge in [-0.25, -0.2) is 18.7 Å². The number of aromatic nitrogens is 3. The van der Waals surface area contributed by atoms with E-state index in [0.29, 0.717) is 22.5 Å². The zero-order chi connectivity index (χ0) is 22.7. The number of H-pyrrole nitrogens is 1. The van der Waals surface area contributed by atoms with E-state index in [9.17, 15) is 13.6 Å². The third-order valence-electron chi connectivity index (χ3n) is 4.33. The number of ether oxygens (including phenoxy) is 1. The maximum absolute atomic E-state index is 12.3. The van der Waals surface area contributed by atoms with E-state index in [1.54, 1.807) is 18.3 Å². The molecule has 4 aromatic rings. The first-order valence-electron chi connectivity index (χ1n) is 8.93. The number of thiol groups is 1. The number of fused-ring (bicyclic) bond motifs is 1. The lowest BCUT2D eigenvalue weighted by Crippen LogP contribution is -2.12. The van der Waals surface area contributed by atoms with Crippen molar-refractivity contribution in [1.82, 2.24) is 15.0 Å². The lowest BCUT2D eigenvalue weighted by atomic mass is 10.0. The molecule has 0 atom stereocenters. The molecule has 0 aliphatic rings. The van der Waals surface area contributed by atoms with Gasteiger partial charge < -0.3 is 16.2 Å². The van der Waals surface area contributed by atoms with E-state index in [1.165, 1.54) is 13.2 Å². The Morgan fingerprint density at radius 3 is 2.45 bits per heavy atom. The maximum Gasteiger partial charge on any atom is 0.260 e. The number of pyridine rings is 1. The second-order valence-electron chi connectivity index (χ2n) is 6.56. The second-order valence-corrected chi connectivity index (χ2v) is 7.04. The number of hydrogen-bond acceptors (Lipinski definition) is 7. The Morgan fingerprint density at radius 1 is 1.10 bits per heavy atom. The van der Waals surface area contributed by atoms with Gasteiger partial charge in [0.05, 0.1) is 23.7 Å². The Kier molecular flexibility index (Phi) is 6.40. The van der Waals surface area contributed by atoms with Crippen LogP contribution in [0.4, 0.5) is 20.4 Å². The molecule has 4 rings (SSSR count). The average Bonchev–Trinajstić information content (AvgIpc) is 2.72. The third-order valence-corrected chi connectivity index (χ3v) is 4.70. The van der Waals surface area contributed by atoms with Crippen molar-refractivity contribution in [2.24, 2.45) is 0 Å². The smallest absolute Gasteiger partial charge is 0.260 e. The zero-order valence-corrected chi connectivity index (χ0v) is 17.5. The van der Waals surface area contributed by atoms with Gasteiger partial charge in [-0.15, -0.1) is 12.6 Å². The number of halogens is 2. The van der Waals surface area contributed by atoms with Crippen LogP contribution >= 0.6 is 12.6 Å². The summed E-state index contributed by atoms with van der Waals surface area (Å²) in [5.74, 6) is -0.735. The first-order chi connectivity index (χ1) is 14.7. The number of nitrogens with two attached hydrogens (primary N) is 2. The molecule has 2 aromatic heterocycles. The van der Waals surface area contributed by atoms with Gasteiger partial charge in [0, 0.05) is 22.7 Å². The van der Waals surface area contributed by atoms with Crippen LogP contribution in [0.25, 0.3) is 22.0 Å². The molecule has 7 nitrogen and oxygen atoms in total. The molecule has 0 aliphatic heterocycles. The predicted octanol–water partition coefficient (Wildman–Crippen LogP) is 3.72. The van der Waals surface area contributed by atoms with Gasteiger partial charge in [0.15, 0.2) is 0 Å². The average molecular weight is 443 g/mol. The fourth-order valence-corrected chi connectivity index (χ4v) is 3.02. The molecule has 160 valence electrons. The molecule has 0 spiro atoms. The molecule has 2 aromatic carbocycles. The summed E-state index contributed by atoms with van der Waals surface area (Å²) < 4.78 is 29.4. The highest BCUT2D eigenvalue weighted by Gasteiger charge is 2.10. The van der Waals surface area contributed by atoms with Crippen molar-refractivity contribution in [3.05, 3.63) is 70.1 Å². The molecule has 0 bridgehead atoms. The van der Waals surface area contributed by atoms with E-state index in [-0.39, 0.29) is 16.4 Å². The predicted molar refractivity (Wildman–Crippen MR) is 119 cm³/mol. The third kappa shape index (κ3) is 4.92. The van der Waals surface area contributed by atoms with Gasteiger partial charge in [-0.1, -0.05) is 0 Å². The lowest BCUT2D eigenvalue weighted by Gasteiger charge is -2.09. The molecule has 0 fully saturated rings. The number of methoxy groups -OCH3 is 1. The highest BCUT2D eigenvalue weighted by atomic mass is 32.1. The first-order valence-corrected chi connectivity index (χ1v) is 9.38. The Morgan fingerprint density at radius 2 is 1.84 bits per heavy atom. The molecule has 2 heterocycles. The van der Waals surface area contributed by atoms with Crippen molar-refractivity contribution < 1.29 is 13.5 Å². The Balaban J connectivity index is 0.000000254. The van der Waals surface area contributed by atoms with Crippen LogP contribution in [0, 0.1) is 18.6 Å². The standard InChI is InChI=1S/C15H15N5O2.C6H4F2S/c1-7-3-8(9-5-11(16)14(22-2)18-6-9)4-10-12(7)19-15(17)20-13(10)21;7-4-1-2-6(9)5(8)3-4/h3-6H,16H2,1-2H3,(H3,17,19,20,21);1-3,9H. The van der Waals surface area contributed by atoms with Gasteiger partial charge in [-0.3, -0.25) is 9.78 Å². The van der Waals surface area contributed by atoms with Gasteiger partial charge >= 0.3 is 0 Å². The number of hydrogen-bond donors (Lipinski definition) is 4. The van der Waals surface area contributed by atoms with E-state index in [1.807, 2.05) is 13.0 Å². The summed E-state index contributed by atoms with van der Waals surface area (Å²) in [5, 5.41) is 0.471. The molecule has 0 amide bonds.